The maximum atomic E-state index is 9.47. The second-order valence-electron chi connectivity index (χ2n) is 3.84. The van der Waals surface area contributed by atoms with Gasteiger partial charge in [-0.3, -0.25) is 0 Å². The predicted octanol–water partition coefficient (Wildman–Crippen LogP) is 2.76. The summed E-state index contributed by atoms with van der Waals surface area (Å²) in [6, 6.07) is 15.7. The third-order valence-corrected chi connectivity index (χ3v) is 2.70. The Kier molecular flexibility index (Phi) is 3.10. The summed E-state index contributed by atoms with van der Waals surface area (Å²) >= 11 is 0. The normalized spacial score (nSPS) is 10.2. The summed E-state index contributed by atoms with van der Waals surface area (Å²) in [6.07, 6.45) is 1.79. The minimum atomic E-state index is 0.172. The van der Waals surface area contributed by atoms with Gasteiger partial charge in [0.1, 0.15) is 5.75 Å². The van der Waals surface area contributed by atoms with Crippen LogP contribution in [0.15, 0.2) is 48.5 Å². The highest BCUT2D eigenvalue weighted by Crippen LogP contribution is 2.24. The van der Waals surface area contributed by atoms with Crippen molar-refractivity contribution in [2.45, 2.75) is 12.8 Å². The van der Waals surface area contributed by atoms with Crippen LogP contribution in [0, 0.1) is 0 Å². The Morgan fingerprint density at radius 3 is 2.38 bits per heavy atom. The number of anilines is 1. The van der Waals surface area contributed by atoms with Gasteiger partial charge in [0.15, 0.2) is 0 Å². The van der Waals surface area contributed by atoms with E-state index in [0.29, 0.717) is 5.69 Å². The van der Waals surface area contributed by atoms with Crippen molar-refractivity contribution in [3.8, 4) is 5.75 Å². The fourth-order valence-corrected chi connectivity index (χ4v) is 1.74. The molecule has 0 aliphatic rings. The number of aryl methyl sites for hydroxylation is 2. The van der Waals surface area contributed by atoms with Crippen molar-refractivity contribution in [2.75, 3.05) is 5.73 Å². The van der Waals surface area contributed by atoms with Crippen molar-refractivity contribution >= 4 is 5.69 Å². The lowest BCUT2D eigenvalue weighted by Crippen LogP contribution is -1.97. The SMILES string of the molecule is Nc1c(O)cccc1CCc1ccccc1. The molecule has 3 N–H and O–H groups in total. The lowest BCUT2D eigenvalue weighted by Gasteiger charge is -2.07. The summed E-state index contributed by atoms with van der Waals surface area (Å²) in [5, 5.41) is 9.47. The standard InChI is InChI=1S/C14H15NO/c15-14-12(7-4-8-13(14)16)10-9-11-5-2-1-3-6-11/h1-8,16H,9-10,15H2. The van der Waals surface area contributed by atoms with E-state index >= 15 is 0 Å². The second-order valence-corrected chi connectivity index (χ2v) is 3.84. The highest BCUT2D eigenvalue weighted by atomic mass is 16.3. The molecule has 0 unspecified atom stereocenters. The van der Waals surface area contributed by atoms with Crippen LogP contribution in [0.5, 0.6) is 5.75 Å². The first kappa shape index (κ1) is 10.6. The molecule has 0 fully saturated rings. The number of phenolic OH excluding ortho intramolecular Hbond substituents is 1. The third-order valence-electron chi connectivity index (χ3n) is 2.70. The fourth-order valence-electron chi connectivity index (χ4n) is 1.74. The maximum Gasteiger partial charge on any atom is 0.138 e. The van der Waals surface area contributed by atoms with Gasteiger partial charge in [0.05, 0.1) is 5.69 Å². The Hall–Kier alpha value is -1.96. The molecule has 2 rings (SSSR count). The van der Waals surface area contributed by atoms with Crippen molar-refractivity contribution in [3.05, 3.63) is 59.7 Å². The smallest absolute Gasteiger partial charge is 0.138 e. The summed E-state index contributed by atoms with van der Waals surface area (Å²) in [6.45, 7) is 0. The molecule has 0 heterocycles. The molecule has 0 amide bonds. The number of nitrogen functional groups attached to an aromatic ring is 1. The summed E-state index contributed by atoms with van der Waals surface area (Å²) in [4.78, 5) is 0. The first-order valence-electron chi connectivity index (χ1n) is 5.37. The van der Waals surface area contributed by atoms with E-state index in [9.17, 15) is 5.11 Å². The zero-order valence-corrected chi connectivity index (χ0v) is 9.06. The molecule has 2 heteroatoms. The number of hydrogen-bond acceptors (Lipinski definition) is 2. The van der Waals surface area contributed by atoms with Crippen LogP contribution >= 0.6 is 0 Å². The van der Waals surface area contributed by atoms with Crippen LogP contribution in [0.25, 0.3) is 0 Å². The van der Waals surface area contributed by atoms with Crippen LogP contribution in [0.4, 0.5) is 5.69 Å². The van der Waals surface area contributed by atoms with Gasteiger partial charge in [0, 0.05) is 0 Å². The van der Waals surface area contributed by atoms with Crippen LogP contribution < -0.4 is 5.73 Å². The summed E-state index contributed by atoms with van der Waals surface area (Å²) < 4.78 is 0. The van der Waals surface area contributed by atoms with E-state index in [0.717, 1.165) is 18.4 Å². The molecule has 0 aliphatic carbocycles. The van der Waals surface area contributed by atoms with E-state index < -0.39 is 0 Å². The number of aromatic hydroxyl groups is 1. The molecule has 16 heavy (non-hydrogen) atoms. The largest absolute Gasteiger partial charge is 0.506 e. The lowest BCUT2D eigenvalue weighted by atomic mass is 10.0. The first-order chi connectivity index (χ1) is 7.77. The van der Waals surface area contributed by atoms with Gasteiger partial charge < -0.3 is 10.8 Å². The molecular weight excluding hydrogens is 198 g/mol. The number of nitrogens with two attached hydrogens (primary N) is 1. The third kappa shape index (κ3) is 2.34. The van der Waals surface area contributed by atoms with Gasteiger partial charge in [-0.2, -0.15) is 0 Å². The van der Waals surface area contributed by atoms with Gasteiger partial charge >= 0.3 is 0 Å². The molecule has 0 aromatic heterocycles. The summed E-state index contributed by atoms with van der Waals surface area (Å²) in [5.74, 6) is 0.172. The maximum absolute atomic E-state index is 9.47. The van der Waals surface area contributed by atoms with Crippen molar-refractivity contribution in [1.29, 1.82) is 0 Å². The fraction of sp³-hybridized carbons (Fsp3) is 0.143. The van der Waals surface area contributed by atoms with Crippen molar-refractivity contribution in [3.63, 3.8) is 0 Å². The average Bonchev–Trinajstić information content (AvgIpc) is 2.32. The first-order valence-corrected chi connectivity index (χ1v) is 5.37. The lowest BCUT2D eigenvalue weighted by molar-refractivity contribution is 0.477. The van der Waals surface area contributed by atoms with Gasteiger partial charge in [-0.1, -0.05) is 42.5 Å². The predicted molar refractivity (Wildman–Crippen MR) is 66.4 cm³/mol. The molecule has 2 aromatic rings. The molecular formula is C14H15NO. The Balaban J connectivity index is 2.08. The van der Waals surface area contributed by atoms with Crippen LogP contribution in [0.1, 0.15) is 11.1 Å². The van der Waals surface area contributed by atoms with E-state index in [2.05, 4.69) is 12.1 Å². The second kappa shape index (κ2) is 4.71. The van der Waals surface area contributed by atoms with Crippen molar-refractivity contribution in [2.24, 2.45) is 0 Å². The Morgan fingerprint density at radius 1 is 0.875 bits per heavy atom. The van der Waals surface area contributed by atoms with Gasteiger partial charge in [-0.25, -0.2) is 0 Å². The number of phenols is 1. The minimum Gasteiger partial charge on any atom is -0.506 e. The van der Waals surface area contributed by atoms with Crippen molar-refractivity contribution < 1.29 is 5.11 Å². The van der Waals surface area contributed by atoms with Gasteiger partial charge in [-0.05, 0) is 30.0 Å². The van der Waals surface area contributed by atoms with E-state index in [4.69, 9.17) is 5.73 Å². The zero-order chi connectivity index (χ0) is 11.4. The number of rotatable bonds is 3. The number of hydrogen-bond donors (Lipinski definition) is 2. The molecule has 0 saturated carbocycles. The molecule has 0 bridgehead atoms. The van der Waals surface area contributed by atoms with Crippen LogP contribution in [-0.4, -0.2) is 5.11 Å². The Morgan fingerprint density at radius 2 is 1.62 bits per heavy atom. The summed E-state index contributed by atoms with van der Waals surface area (Å²) in [5.41, 5.74) is 8.58. The van der Waals surface area contributed by atoms with E-state index in [-0.39, 0.29) is 5.75 Å². The van der Waals surface area contributed by atoms with Crippen LogP contribution in [0.3, 0.4) is 0 Å². The molecule has 0 aliphatic heterocycles. The molecule has 0 saturated heterocycles. The van der Waals surface area contributed by atoms with Gasteiger partial charge in [0.2, 0.25) is 0 Å². The average molecular weight is 213 g/mol. The highest BCUT2D eigenvalue weighted by molar-refractivity contribution is 5.57. The molecule has 0 spiro atoms. The number of para-hydroxylation sites is 1. The van der Waals surface area contributed by atoms with E-state index in [1.165, 1.54) is 5.56 Å². The van der Waals surface area contributed by atoms with Gasteiger partial charge in [-0.15, -0.1) is 0 Å². The molecule has 0 radical (unpaired) electrons. The number of benzene rings is 2. The molecule has 82 valence electrons. The quantitative estimate of drug-likeness (QED) is 0.608. The Bertz CT molecular complexity index is 465. The molecule has 2 aromatic carbocycles. The highest BCUT2D eigenvalue weighted by Gasteiger charge is 2.03. The molecule has 0 atom stereocenters. The monoisotopic (exact) mass is 213 g/mol. The van der Waals surface area contributed by atoms with Crippen LogP contribution in [-0.2, 0) is 12.8 Å². The van der Waals surface area contributed by atoms with Crippen molar-refractivity contribution in [1.82, 2.24) is 0 Å². The van der Waals surface area contributed by atoms with Crippen LogP contribution in [0.2, 0.25) is 0 Å². The minimum absolute atomic E-state index is 0.172. The topological polar surface area (TPSA) is 46.2 Å². The molecule has 2 nitrogen and oxygen atoms in total. The zero-order valence-electron chi connectivity index (χ0n) is 9.06. The van der Waals surface area contributed by atoms with Gasteiger partial charge in [0.25, 0.3) is 0 Å². The Labute approximate surface area is 95.4 Å². The van der Waals surface area contributed by atoms with E-state index in [1.807, 2.05) is 30.3 Å². The summed E-state index contributed by atoms with van der Waals surface area (Å²) in [7, 11) is 0. The van der Waals surface area contributed by atoms with E-state index in [1.54, 1.807) is 6.07 Å².